The number of aliphatic imine (C=N–C) groups is 1. The number of Topliss-reactive ketones (excluding diaryl/α,β-unsaturated/α-hetero) is 1. The van der Waals surface area contributed by atoms with E-state index in [4.69, 9.17) is 11.6 Å². The Hall–Kier alpha value is -3.25. The molecule has 0 spiro atoms. The van der Waals surface area contributed by atoms with Crippen molar-refractivity contribution < 1.29 is 4.79 Å². The lowest BCUT2D eigenvalue weighted by molar-refractivity contribution is 0.0953. The number of hydrogen-bond acceptors (Lipinski definition) is 4. The Labute approximate surface area is 170 Å². The monoisotopic (exact) mass is 405 g/mol. The number of fused-ring (bicyclic) bond motifs is 4. The van der Waals surface area contributed by atoms with Gasteiger partial charge in [0.25, 0.3) is 5.56 Å². The molecule has 2 aromatic carbocycles. The molecular formula is C22H16ClN3O3. The minimum atomic E-state index is -0.662. The maximum Gasteiger partial charge on any atom is 0.332 e. The third-order valence-corrected chi connectivity index (χ3v) is 6.17. The molecule has 29 heavy (non-hydrogen) atoms. The Morgan fingerprint density at radius 2 is 1.52 bits per heavy atom. The molecule has 6 nitrogen and oxygen atoms in total. The molecule has 2 atom stereocenters. The van der Waals surface area contributed by atoms with Crippen LogP contribution in [0.2, 0.25) is 5.02 Å². The molecule has 0 bridgehead atoms. The highest BCUT2D eigenvalue weighted by molar-refractivity contribution is 6.32. The van der Waals surface area contributed by atoms with Crippen LogP contribution in [0.15, 0.2) is 63.1 Å². The van der Waals surface area contributed by atoms with Crippen LogP contribution in [-0.2, 0) is 14.1 Å². The first-order valence-electron chi connectivity index (χ1n) is 9.18. The quantitative estimate of drug-likeness (QED) is 0.625. The van der Waals surface area contributed by atoms with Gasteiger partial charge in [0.05, 0.1) is 17.2 Å². The van der Waals surface area contributed by atoms with Crippen LogP contribution in [0.4, 0.5) is 5.82 Å². The lowest BCUT2D eigenvalue weighted by atomic mass is 9.76. The Morgan fingerprint density at radius 3 is 2.24 bits per heavy atom. The highest BCUT2D eigenvalue weighted by Gasteiger charge is 2.48. The number of hydrogen-bond donors (Lipinski definition) is 0. The van der Waals surface area contributed by atoms with Crippen LogP contribution < -0.4 is 11.2 Å². The van der Waals surface area contributed by atoms with E-state index in [0.717, 1.165) is 10.1 Å². The standard InChI is InChI=1S/C22H16ClN3O3/c1-25-20-17(21(28)26(2)22(25)29)15(13-9-5-6-10-14(13)23)16-18(24-20)11-7-3-4-8-12(11)19(16)27/h3-10,15-16H,1-2H3/t15-,16+/m1/s1. The Morgan fingerprint density at radius 1 is 0.862 bits per heavy atom. The van der Waals surface area contributed by atoms with Gasteiger partial charge in [0.1, 0.15) is 5.82 Å². The predicted molar refractivity (Wildman–Crippen MR) is 111 cm³/mol. The lowest BCUT2D eigenvalue weighted by Gasteiger charge is -2.30. The van der Waals surface area contributed by atoms with E-state index in [1.807, 2.05) is 24.3 Å². The fourth-order valence-corrected chi connectivity index (χ4v) is 4.68. The van der Waals surface area contributed by atoms with Crippen LogP contribution in [-0.4, -0.2) is 20.6 Å². The van der Waals surface area contributed by atoms with Crippen molar-refractivity contribution in [3.05, 3.63) is 96.6 Å². The highest BCUT2D eigenvalue weighted by Crippen LogP contribution is 2.47. The van der Waals surface area contributed by atoms with E-state index in [1.165, 1.54) is 11.6 Å². The maximum atomic E-state index is 13.4. The summed E-state index contributed by atoms with van der Waals surface area (Å²) in [5.74, 6) is -1.11. The van der Waals surface area contributed by atoms with E-state index >= 15 is 0 Å². The van der Waals surface area contributed by atoms with E-state index in [2.05, 4.69) is 4.99 Å². The number of ketones is 1. The van der Waals surface area contributed by atoms with Crippen LogP contribution in [0.1, 0.15) is 33.0 Å². The SMILES string of the molecule is Cn1c2c(c(=O)n(C)c1=O)[C@H](c1ccccc1Cl)[C@@H]1C(=O)c3ccccc3C1=N2. The van der Waals surface area contributed by atoms with Gasteiger partial charge < -0.3 is 0 Å². The van der Waals surface area contributed by atoms with Crippen molar-refractivity contribution in [3.8, 4) is 0 Å². The zero-order valence-electron chi connectivity index (χ0n) is 15.7. The average molecular weight is 406 g/mol. The smallest absolute Gasteiger partial charge is 0.293 e. The van der Waals surface area contributed by atoms with Gasteiger partial charge >= 0.3 is 5.69 Å². The summed E-state index contributed by atoms with van der Waals surface area (Å²) in [4.78, 5) is 43.8. The predicted octanol–water partition coefficient (Wildman–Crippen LogP) is 2.82. The number of rotatable bonds is 1. The van der Waals surface area contributed by atoms with Gasteiger partial charge in [-0.1, -0.05) is 54.1 Å². The van der Waals surface area contributed by atoms with Gasteiger partial charge in [0.2, 0.25) is 0 Å². The van der Waals surface area contributed by atoms with Gasteiger partial charge in [-0.25, -0.2) is 9.79 Å². The zero-order valence-corrected chi connectivity index (χ0v) is 16.5. The van der Waals surface area contributed by atoms with E-state index in [-0.39, 0.29) is 11.6 Å². The van der Waals surface area contributed by atoms with Crippen LogP contribution >= 0.6 is 11.6 Å². The number of aromatic nitrogens is 2. The minimum Gasteiger partial charge on any atom is -0.293 e. The van der Waals surface area contributed by atoms with Gasteiger partial charge in [0, 0.05) is 36.2 Å². The van der Waals surface area contributed by atoms with Crippen LogP contribution in [0.3, 0.4) is 0 Å². The molecule has 0 unspecified atom stereocenters. The fraction of sp³-hybridized carbons (Fsp3) is 0.182. The first-order chi connectivity index (χ1) is 13.9. The van der Waals surface area contributed by atoms with Crippen molar-refractivity contribution in [2.75, 3.05) is 0 Å². The molecule has 1 aliphatic heterocycles. The lowest BCUT2D eigenvalue weighted by Crippen LogP contribution is -2.43. The molecule has 0 amide bonds. The second kappa shape index (κ2) is 6.12. The summed E-state index contributed by atoms with van der Waals surface area (Å²) in [7, 11) is 3.01. The van der Waals surface area contributed by atoms with Gasteiger partial charge in [-0.2, -0.15) is 0 Å². The fourth-order valence-electron chi connectivity index (χ4n) is 4.43. The summed E-state index contributed by atoms with van der Waals surface area (Å²) in [6, 6.07) is 14.5. The molecule has 2 heterocycles. The Balaban J connectivity index is 1.94. The number of carbonyl (C=O) groups is 1. The first kappa shape index (κ1) is 17.8. The number of nitrogens with zero attached hydrogens (tertiary/aromatic N) is 3. The van der Waals surface area contributed by atoms with Gasteiger partial charge in [-0.05, 0) is 11.6 Å². The average Bonchev–Trinajstić information content (AvgIpc) is 3.02. The van der Waals surface area contributed by atoms with E-state index in [1.54, 1.807) is 31.3 Å². The number of halogens is 1. The van der Waals surface area contributed by atoms with Crippen molar-refractivity contribution in [1.29, 1.82) is 0 Å². The molecule has 7 heteroatoms. The Bertz CT molecular complexity index is 1370. The molecule has 2 aliphatic rings. The summed E-state index contributed by atoms with van der Waals surface area (Å²) in [6.45, 7) is 0. The van der Waals surface area contributed by atoms with Crippen molar-refractivity contribution in [3.63, 3.8) is 0 Å². The molecule has 0 radical (unpaired) electrons. The largest absolute Gasteiger partial charge is 0.332 e. The first-order valence-corrected chi connectivity index (χ1v) is 9.56. The maximum absolute atomic E-state index is 13.4. The Kier molecular flexibility index (Phi) is 3.76. The molecule has 0 saturated carbocycles. The zero-order chi connectivity index (χ0) is 20.4. The number of benzene rings is 2. The summed E-state index contributed by atoms with van der Waals surface area (Å²) in [6.07, 6.45) is 0. The van der Waals surface area contributed by atoms with Crippen molar-refractivity contribution in [1.82, 2.24) is 9.13 Å². The van der Waals surface area contributed by atoms with Crippen molar-refractivity contribution >= 4 is 28.9 Å². The molecule has 0 saturated heterocycles. The summed E-state index contributed by atoms with van der Waals surface area (Å²) >= 11 is 6.51. The normalized spacial score (nSPS) is 19.4. The highest BCUT2D eigenvalue weighted by atomic mass is 35.5. The molecular weight excluding hydrogens is 390 g/mol. The molecule has 3 aromatic rings. The van der Waals surface area contributed by atoms with E-state index < -0.39 is 23.1 Å². The third-order valence-electron chi connectivity index (χ3n) is 5.82. The third kappa shape index (κ3) is 2.29. The van der Waals surface area contributed by atoms with Crippen LogP contribution in [0, 0.1) is 5.92 Å². The van der Waals surface area contributed by atoms with Crippen molar-refractivity contribution in [2.45, 2.75) is 5.92 Å². The second-order valence-corrected chi connectivity index (χ2v) is 7.73. The summed E-state index contributed by atoms with van der Waals surface area (Å²) in [5.41, 5.74) is 1.95. The van der Waals surface area contributed by atoms with Gasteiger partial charge in [-0.3, -0.25) is 18.7 Å². The van der Waals surface area contributed by atoms with Gasteiger partial charge in [0.15, 0.2) is 5.78 Å². The summed E-state index contributed by atoms with van der Waals surface area (Å²) in [5, 5.41) is 0.462. The van der Waals surface area contributed by atoms with Crippen molar-refractivity contribution in [2.24, 2.45) is 25.0 Å². The molecule has 0 fully saturated rings. The van der Waals surface area contributed by atoms with E-state index in [9.17, 15) is 14.4 Å². The molecule has 0 N–H and O–H groups in total. The topological polar surface area (TPSA) is 73.4 Å². The van der Waals surface area contributed by atoms with Gasteiger partial charge in [-0.15, -0.1) is 0 Å². The van der Waals surface area contributed by atoms with E-state index in [0.29, 0.717) is 27.4 Å². The molecule has 144 valence electrons. The minimum absolute atomic E-state index is 0.0918. The summed E-state index contributed by atoms with van der Waals surface area (Å²) < 4.78 is 2.41. The molecule has 1 aliphatic carbocycles. The molecule has 5 rings (SSSR count). The number of carbonyl (C=O) groups excluding carboxylic acids is 1. The second-order valence-electron chi connectivity index (χ2n) is 7.33. The van der Waals surface area contributed by atoms with Crippen LogP contribution in [0.25, 0.3) is 0 Å². The molecule has 1 aromatic heterocycles. The van der Waals surface area contributed by atoms with Crippen LogP contribution in [0.5, 0.6) is 0 Å².